The maximum atomic E-state index is 3.45. The zero-order valence-electron chi connectivity index (χ0n) is 8.78. The van der Waals surface area contributed by atoms with E-state index in [9.17, 15) is 0 Å². The molecular weight excluding hydrogens is 250 g/mol. The molecule has 78 valence electrons. The van der Waals surface area contributed by atoms with Crippen LogP contribution in [0.4, 0.5) is 0 Å². The summed E-state index contributed by atoms with van der Waals surface area (Å²) < 4.78 is 0. The second-order valence-corrected chi connectivity index (χ2v) is 4.32. The Labute approximate surface area is 98.8 Å². The van der Waals surface area contributed by atoms with Gasteiger partial charge in [0.05, 0.1) is 5.45 Å². The molecule has 0 bridgehead atoms. The van der Waals surface area contributed by atoms with Gasteiger partial charge in [-0.2, -0.15) is 0 Å². The summed E-state index contributed by atoms with van der Waals surface area (Å²) in [6, 6.07) is 15.1. The fourth-order valence-electron chi connectivity index (χ4n) is 1.69. The molecule has 0 aliphatic heterocycles. The van der Waals surface area contributed by atoms with E-state index in [0.717, 1.165) is 12.0 Å². The normalized spacial score (nSPS) is 11.1. The number of hydrogen-bond donors (Lipinski definition) is 0. The number of hydrogen-bond acceptors (Lipinski definition) is 1. The average Bonchev–Trinajstić information content (AvgIpc) is 2.29. The van der Waals surface area contributed by atoms with Crippen molar-refractivity contribution in [3.05, 3.63) is 48.0 Å². The third-order valence-electron chi connectivity index (χ3n) is 2.47. The van der Waals surface area contributed by atoms with Gasteiger partial charge in [0.1, 0.15) is 0 Å². The Kier molecular flexibility index (Phi) is 3.39. The quantitative estimate of drug-likeness (QED) is 0.604. The SMILES string of the molecule is CN(CBr)Cc1ccc2ccccc2c1. The highest BCUT2D eigenvalue weighted by atomic mass is 79.9. The van der Waals surface area contributed by atoms with Crippen LogP contribution in [-0.2, 0) is 6.54 Å². The highest BCUT2D eigenvalue weighted by Gasteiger charge is 1.99. The van der Waals surface area contributed by atoms with Gasteiger partial charge in [0.2, 0.25) is 0 Å². The number of benzene rings is 2. The third kappa shape index (κ3) is 2.58. The highest BCUT2D eigenvalue weighted by Crippen LogP contribution is 2.16. The lowest BCUT2D eigenvalue weighted by Gasteiger charge is -2.13. The van der Waals surface area contributed by atoms with Crippen LogP contribution < -0.4 is 0 Å². The van der Waals surface area contributed by atoms with Crippen molar-refractivity contribution in [3.63, 3.8) is 0 Å². The van der Waals surface area contributed by atoms with Gasteiger partial charge in [-0.15, -0.1) is 0 Å². The summed E-state index contributed by atoms with van der Waals surface area (Å²) in [7, 11) is 2.10. The van der Waals surface area contributed by atoms with E-state index in [2.05, 4.69) is 70.3 Å². The molecule has 0 N–H and O–H groups in total. The molecule has 15 heavy (non-hydrogen) atoms. The maximum absolute atomic E-state index is 3.45. The van der Waals surface area contributed by atoms with Gasteiger partial charge < -0.3 is 0 Å². The van der Waals surface area contributed by atoms with Crippen LogP contribution >= 0.6 is 15.9 Å². The van der Waals surface area contributed by atoms with Gasteiger partial charge >= 0.3 is 0 Å². The van der Waals surface area contributed by atoms with Gasteiger partial charge in [-0.05, 0) is 29.4 Å². The van der Waals surface area contributed by atoms with Crippen LogP contribution in [0, 0.1) is 0 Å². The third-order valence-corrected chi connectivity index (χ3v) is 3.33. The predicted octanol–water partition coefficient (Wildman–Crippen LogP) is 3.62. The molecule has 0 amide bonds. The van der Waals surface area contributed by atoms with Crippen molar-refractivity contribution in [2.24, 2.45) is 0 Å². The molecule has 0 aromatic heterocycles. The number of nitrogens with zero attached hydrogens (tertiary/aromatic N) is 1. The summed E-state index contributed by atoms with van der Waals surface area (Å²) in [6.07, 6.45) is 0. The fraction of sp³-hybridized carbons (Fsp3) is 0.231. The van der Waals surface area contributed by atoms with E-state index >= 15 is 0 Å². The Hall–Kier alpha value is -0.860. The lowest BCUT2D eigenvalue weighted by molar-refractivity contribution is 0.390. The molecule has 0 unspecified atom stereocenters. The van der Waals surface area contributed by atoms with Crippen LogP contribution in [0.25, 0.3) is 10.8 Å². The van der Waals surface area contributed by atoms with E-state index in [0.29, 0.717) is 0 Å². The Morgan fingerprint density at radius 1 is 1.07 bits per heavy atom. The fourth-order valence-corrected chi connectivity index (χ4v) is 1.87. The molecule has 0 heterocycles. The topological polar surface area (TPSA) is 3.24 Å². The molecule has 1 nitrogen and oxygen atoms in total. The van der Waals surface area contributed by atoms with Gasteiger partial charge in [-0.3, -0.25) is 4.90 Å². The van der Waals surface area contributed by atoms with Crippen LogP contribution in [0.2, 0.25) is 0 Å². The minimum Gasteiger partial charge on any atom is -0.292 e. The first-order chi connectivity index (χ1) is 7.29. The van der Waals surface area contributed by atoms with Gasteiger partial charge in [-0.1, -0.05) is 52.3 Å². The predicted molar refractivity (Wildman–Crippen MR) is 69.2 cm³/mol. The first-order valence-electron chi connectivity index (χ1n) is 5.02. The van der Waals surface area contributed by atoms with Crippen molar-refractivity contribution in [1.29, 1.82) is 0 Å². The number of rotatable bonds is 3. The van der Waals surface area contributed by atoms with E-state index in [-0.39, 0.29) is 0 Å². The van der Waals surface area contributed by atoms with Gasteiger partial charge in [0.25, 0.3) is 0 Å². The lowest BCUT2D eigenvalue weighted by atomic mass is 10.1. The standard InChI is InChI=1S/C13H14BrN/c1-15(10-14)9-11-6-7-12-4-2-3-5-13(12)8-11/h2-8H,9-10H2,1H3. The van der Waals surface area contributed by atoms with Crippen LogP contribution in [0.15, 0.2) is 42.5 Å². The second-order valence-electron chi connectivity index (χ2n) is 3.82. The van der Waals surface area contributed by atoms with Crippen molar-refractivity contribution in [1.82, 2.24) is 4.90 Å². The summed E-state index contributed by atoms with van der Waals surface area (Å²) in [5.41, 5.74) is 2.26. The van der Waals surface area contributed by atoms with Crippen molar-refractivity contribution in [2.75, 3.05) is 12.5 Å². The molecule has 2 aromatic carbocycles. The van der Waals surface area contributed by atoms with Gasteiger partial charge in [0.15, 0.2) is 0 Å². The van der Waals surface area contributed by atoms with Gasteiger partial charge in [0, 0.05) is 6.54 Å². The second kappa shape index (κ2) is 4.77. The van der Waals surface area contributed by atoms with Crippen LogP contribution in [0.3, 0.4) is 0 Å². The molecule has 2 aromatic rings. The van der Waals surface area contributed by atoms with Crippen molar-refractivity contribution in [2.45, 2.75) is 6.54 Å². The largest absolute Gasteiger partial charge is 0.292 e. The maximum Gasteiger partial charge on any atom is 0.0542 e. The van der Waals surface area contributed by atoms with Crippen molar-refractivity contribution >= 4 is 26.7 Å². The molecule has 0 atom stereocenters. The van der Waals surface area contributed by atoms with Crippen LogP contribution in [0.5, 0.6) is 0 Å². The summed E-state index contributed by atoms with van der Waals surface area (Å²) in [6.45, 7) is 0.982. The van der Waals surface area contributed by atoms with Crippen molar-refractivity contribution in [3.8, 4) is 0 Å². The molecule has 0 saturated carbocycles. The molecule has 2 heteroatoms. The smallest absolute Gasteiger partial charge is 0.0542 e. The first-order valence-corrected chi connectivity index (χ1v) is 6.14. The van der Waals surface area contributed by atoms with E-state index in [1.165, 1.54) is 16.3 Å². The molecular formula is C13H14BrN. The molecule has 2 rings (SSSR count). The number of fused-ring (bicyclic) bond motifs is 1. The molecule has 0 aliphatic carbocycles. The lowest BCUT2D eigenvalue weighted by Crippen LogP contribution is -2.14. The van der Waals surface area contributed by atoms with Gasteiger partial charge in [-0.25, -0.2) is 0 Å². The Morgan fingerprint density at radius 3 is 2.53 bits per heavy atom. The molecule has 0 radical (unpaired) electrons. The summed E-state index contributed by atoms with van der Waals surface area (Å²) in [5.74, 6) is 0. The Morgan fingerprint density at radius 2 is 1.80 bits per heavy atom. The zero-order chi connectivity index (χ0) is 10.7. The van der Waals surface area contributed by atoms with E-state index < -0.39 is 0 Å². The molecule has 0 fully saturated rings. The van der Waals surface area contributed by atoms with Crippen molar-refractivity contribution < 1.29 is 0 Å². The minimum atomic E-state index is 0.903. The first kappa shape index (κ1) is 10.7. The molecule has 0 saturated heterocycles. The van der Waals surface area contributed by atoms with Crippen LogP contribution in [-0.4, -0.2) is 17.4 Å². The molecule has 0 aliphatic rings. The van der Waals surface area contributed by atoms with E-state index in [1.54, 1.807) is 0 Å². The summed E-state index contributed by atoms with van der Waals surface area (Å²) in [4.78, 5) is 2.23. The number of alkyl halides is 1. The minimum absolute atomic E-state index is 0.903. The highest BCUT2D eigenvalue weighted by molar-refractivity contribution is 9.09. The Bertz CT molecular complexity index is 453. The van der Waals surface area contributed by atoms with E-state index in [1.807, 2.05) is 0 Å². The summed E-state index contributed by atoms with van der Waals surface area (Å²) >= 11 is 3.45. The average molecular weight is 264 g/mol. The Balaban J connectivity index is 2.30. The monoisotopic (exact) mass is 263 g/mol. The number of halogens is 1. The van der Waals surface area contributed by atoms with E-state index in [4.69, 9.17) is 0 Å². The van der Waals surface area contributed by atoms with Crippen LogP contribution in [0.1, 0.15) is 5.56 Å². The zero-order valence-corrected chi connectivity index (χ0v) is 10.4. The molecule has 0 spiro atoms. The summed E-state index contributed by atoms with van der Waals surface area (Å²) in [5, 5.41) is 2.63.